The van der Waals surface area contributed by atoms with Gasteiger partial charge in [-0.05, 0) is 24.9 Å². The smallest absolute Gasteiger partial charge is 0.114 e. The molecule has 18 heavy (non-hydrogen) atoms. The van der Waals surface area contributed by atoms with Crippen molar-refractivity contribution in [3.63, 3.8) is 0 Å². The molecule has 0 radical (unpaired) electrons. The van der Waals surface area contributed by atoms with Crippen LogP contribution in [0, 0.1) is 5.92 Å². The van der Waals surface area contributed by atoms with Crippen LogP contribution in [-0.4, -0.2) is 27.6 Å². The highest BCUT2D eigenvalue weighted by Crippen LogP contribution is 2.29. The van der Waals surface area contributed by atoms with Crippen molar-refractivity contribution < 1.29 is 0 Å². The van der Waals surface area contributed by atoms with Crippen LogP contribution in [0.1, 0.15) is 32.0 Å². The highest BCUT2D eigenvalue weighted by Gasteiger charge is 2.29. The summed E-state index contributed by atoms with van der Waals surface area (Å²) in [6.45, 7) is 7.70. The Morgan fingerprint density at radius 1 is 1.44 bits per heavy atom. The van der Waals surface area contributed by atoms with Crippen molar-refractivity contribution in [2.75, 3.05) is 13.1 Å². The molecule has 0 aromatic carbocycles. The summed E-state index contributed by atoms with van der Waals surface area (Å²) in [5.41, 5.74) is 2.25. The Labute approximate surface area is 107 Å². The highest BCUT2D eigenvalue weighted by atomic mass is 15.1. The molecule has 3 heterocycles. The van der Waals surface area contributed by atoms with Crippen molar-refractivity contribution in [1.29, 1.82) is 0 Å². The number of aromatic nitrogens is 3. The van der Waals surface area contributed by atoms with Crippen molar-refractivity contribution in [2.45, 2.75) is 32.7 Å². The Kier molecular flexibility index (Phi) is 3.04. The third kappa shape index (κ3) is 1.81. The van der Waals surface area contributed by atoms with Crippen LogP contribution in [0.25, 0.3) is 11.0 Å². The Morgan fingerprint density at radius 2 is 2.33 bits per heavy atom. The van der Waals surface area contributed by atoms with E-state index in [4.69, 9.17) is 4.98 Å². The maximum Gasteiger partial charge on any atom is 0.114 e. The predicted molar refractivity (Wildman–Crippen MR) is 72.6 cm³/mol. The van der Waals surface area contributed by atoms with Crippen molar-refractivity contribution >= 4 is 11.0 Å². The molecule has 1 fully saturated rings. The van der Waals surface area contributed by atoms with E-state index in [0.717, 1.165) is 31.6 Å². The molecule has 96 valence electrons. The van der Waals surface area contributed by atoms with Gasteiger partial charge in [-0.3, -0.25) is 4.98 Å². The topological polar surface area (TPSA) is 42.7 Å². The second-order valence-electron chi connectivity index (χ2n) is 5.23. The lowest BCUT2D eigenvalue weighted by Crippen LogP contribution is -2.15. The van der Waals surface area contributed by atoms with Crippen molar-refractivity contribution in [1.82, 2.24) is 19.9 Å². The minimum Gasteiger partial charge on any atom is -0.328 e. The summed E-state index contributed by atoms with van der Waals surface area (Å²) in [6, 6.07) is 2.08. The predicted octanol–water partition coefficient (Wildman–Crippen LogP) is 2.16. The molecule has 0 bridgehead atoms. The third-order valence-corrected chi connectivity index (χ3v) is 3.88. The van der Waals surface area contributed by atoms with Crippen LogP contribution in [0.15, 0.2) is 18.5 Å². The quantitative estimate of drug-likeness (QED) is 0.899. The molecule has 0 amide bonds. The molecule has 1 N–H and O–H groups in total. The Hall–Kier alpha value is -1.42. The average Bonchev–Trinajstić information content (AvgIpc) is 2.94. The number of nitrogens with one attached hydrogen (secondary N) is 1. The second kappa shape index (κ2) is 4.69. The number of imidazole rings is 1. The van der Waals surface area contributed by atoms with E-state index in [9.17, 15) is 0 Å². The lowest BCUT2D eigenvalue weighted by molar-refractivity contribution is 0.514. The molecule has 4 nitrogen and oxygen atoms in total. The van der Waals surface area contributed by atoms with Gasteiger partial charge < -0.3 is 9.88 Å². The molecule has 0 saturated carbocycles. The molecule has 3 rings (SSSR count). The summed E-state index contributed by atoms with van der Waals surface area (Å²) >= 11 is 0. The Bertz CT molecular complexity index is 546. The standard InChI is InChI=1S/C14H20N4/c1-3-6-18-13-4-5-15-9-12(13)17-14(18)11-8-16-7-10(11)2/h4-5,9-11,16H,3,6-8H2,1-2H3/t10-,11-/m1/s1. The first kappa shape index (κ1) is 11.7. The molecule has 0 aliphatic carbocycles. The number of aryl methyl sites for hydroxylation is 1. The van der Waals surface area contributed by atoms with Crippen LogP contribution in [0.4, 0.5) is 0 Å². The van der Waals surface area contributed by atoms with Gasteiger partial charge in [-0.1, -0.05) is 13.8 Å². The summed E-state index contributed by atoms with van der Waals surface area (Å²) in [5.74, 6) is 2.42. The molecule has 2 atom stereocenters. The normalized spacial score (nSPS) is 23.9. The van der Waals surface area contributed by atoms with E-state index in [1.807, 2.05) is 12.4 Å². The van der Waals surface area contributed by atoms with Gasteiger partial charge in [0, 0.05) is 25.2 Å². The highest BCUT2D eigenvalue weighted by molar-refractivity contribution is 5.74. The van der Waals surface area contributed by atoms with Crippen LogP contribution < -0.4 is 5.32 Å². The fourth-order valence-electron chi connectivity index (χ4n) is 2.90. The first-order valence-corrected chi connectivity index (χ1v) is 6.82. The van der Waals surface area contributed by atoms with Crippen LogP contribution in [0.3, 0.4) is 0 Å². The van der Waals surface area contributed by atoms with E-state index in [1.165, 1.54) is 11.3 Å². The number of rotatable bonds is 3. The number of fused-ring (bicyclic) bond motifs is 1. The molecular weight excluding hydrogens is 224 g/mol. The summed E-state index contributed by atoms with van der Waals surface area (Å²) in [7, 11) is 0. The van der Waals surface area contributed by atoms with Crippen LogP contribution >= 0.6 is 0 Å². The van der Waals surface area contributed by atoms with Gasteiger partial charge in [-0.2, -0.15) is 0 Å². The Balaban J connectivity index is 2.12. The molecular formula is C14H20N4. The fraction of sp³-hybridized carbons (Fsp3) is 0.571. The third-order valence-electron chi connectivity index (χ3n) is 3.88. The largest absolute Gasteiger partial charge is 0.328 e. The molecule has 1 aliphatic heterocycles. The Morgan fingerprint density at radius 3 is 3.06 bits per heavy atom. The number of nitrogens with zero attached hydrogens (tertiary/aromatic N) is 3. The number of pyridine rings is 1. The van der Waals surface area contributed by atoms with Gasteiger partial charge in [0.05, 0.1) is 11.7 Å². The fourth-order valence-corrected chi connectivity index (χ4v) is 2.90. The average molecular weight is 244 g/mol. The number of hydrogen-bond donors (Lipinski definition) is 1. The minimum atomic E-state index is 0.531. The van der Waals surface area contributed by atoms with Gasteiger partial charge in [0.2, 0.25) is 0 Å². The molecule has 0 spiro atoms. The van der Waals surface area contributed by atoms with E-state index in [1.54, 1.807) is 0 Å². The molecule has 1 aliphatic rings. The summed E-state index contributed by atoms with van der Waals surface area (Å²) in [4.78, 5) is 9.01. The van der Waals surface area contributed by atoms with E-state index in [2.05, 4.69) is 34.8 Å². The lowest BCUT2D eigenvalue weighted by Gasteiger charge is -2.16. The van der Waals surface area contributed by atoms with Crippen LogP contribution in [0.2, 0.25) is 0 Å². The molecule has 2 aromatic rings. The SMILES string of the molecule is CCCn1c([C@@H]2CNC[C@H]2C)nc2cnccc21. The number of hydrogen-bond acceptors (Lipinski definition) is 3. The monoisotopic (exact) mass is 244 g/mol. The van der Waals surface area contributed by atoms with E-state index >= 15 is 0 Å². The summed E-state index contributed by atoms with van der Waals surface area (Å²) < 4.78 is 2.38. The zero-order valence-corrected chi connectivity index (χ0v) is 11.1. The first-order valence-electron chi connectivity index (χ1n) is 6.82. The molecule has 1 saturated heterocycles. The first-order chi connectivity index (χ1) is 8.81. The van der Waals surface area contributed by atoms with Gasteiger partial charge in [-0.15, -0.1) is 0 Å². The van der Waals surface area contributed by atoms with Crippen molar-refractivity contribution in [3.8, 4) is 0 Å². The zero-order valence-electron chi connectivity index (χ0n) is 11.1. The maximum atomic E-state index is 4.82. The molecule has 0 unspecified atom stereocenters. The molecule has 4 heteroatoms. The van der Waals surface area contributed by atoms with Crippen LogP contribution in [0.5, 0.6) is 0 Å². The van der Waals surface area contributed by atoms with Crippen LogP contribution in [-0.2, 0) is 6.54 Å². The van der Waals surface area contributed by atoms with Crippen molar-refractivity contribution in [3.05, 3.63) is 24.3 Å². The van der Waals surface area contributed by atoms with Crippen molar-refractivity contribution in [2.24, 2.45) is 5.92 Å². The van der Waals surface area contributed by atoms with E-state index < -0.39 is 0 Å². The maximum absolute atomic E-state index is 4.82. The van der Waals surface area contributed by atoms with E-state index in [-0.39, 0.29) is 0 Å². The lowest BCUT2D eigenvalue weighted by atomic mass is 9.97. The minimum absolute atomic E-state index is 0.531. The van der Waals surface area contributed by atoms with Gasteiger partial charge in [0.1, 0.15) is 11.3 Å². The molecule has 2 aromatic heterocycles. The van der Waals surface area contributed by atoms with Gasteiger partial charge in [-0.25, -0.2) is 4.98 Å². The van der Waals surface area contributed by atoms with Gasteiger partial charge in [0.15, 0.2) is 0 Å². The van der Waals surface area contributed by atoms with E-state index in [0.29, 0.717) is 11.8 Å². The summed E-state index contributed by atoms with van der Waals surface area (Å²) in [6.07, 6.45) is 4.86. The van der Waals surface area contributed by atoms with Gasteiger partial charge in [0.25, 0.3) is 0 Å². The zero-order chi connectivity index (χ0) is 12.5. The second-order valence-corrected chi connectivity index (χ2v) is 5.23. The summed E-state index contributed by atoms with van der Waals surface area (Å²) in [5, 5.41) is 3.47. The van der Waals surface area contributed by atoms with Gasteiger partial charge >= 0.3 is 0 Å².